The number of alkyl carbamates (subject to hydrolysis) is 1. The Morgan fingerprint density at radius 1 is 0.778 bits per heavy atom. The summed E-state index contributed by atoms with van der Waals surface area (Å²) < 4.78 is 18.8. The summed E-state index contributed by atoms with van der Waals surface area (Å²) in [5.41, 5.74) is -1.88. The predicted molar refractivity (Wildman–Crippen MR) is 99.5 cm³/mol. The molecule has 0 unspecified atom stereocenters. The van der Waals surface area contributed by atoms with Crippen LogP contribution in [0.15, 0.2) is 0 Å². The Labute approximate surface area is 161 Å². The summed E-state index contributed by atoms with van der Waals surface area (Å²) >= 11 is 0. The molecule has 0 aliphatic heterocycles. The molecule has 160 valence electrons. The van der Waals surface area contributed by atoms with Crippen molar-refractivity contribution in [3.63, 3.8) is 0 Å². The van der Waals surface area contributed by atoms with E-state index in [2.05, 4.69) is 10.1 Å². The minimum Gasteiger partial charge on any atom is -0.444 e. The molecule has 1 amide bonds. The van der Waals surface area contributed by atoms with Gasteiger partial charge in [-0.25, -0.2) is 14.4 Å². The highest BCUT2D eigenvalue weighted by Gasteiger charge is 2.24. The van der Waals surface area contributed by atoms with Crippen molar-refractivity contribution >= 4 is 18.4 Å². The van der Waals surface area contributed by atoms with Crippen LogP contribution in [0.5, 0.6) is 0 Å². The molecule has 0 rings (SSSR count). The van der Waals surface area contributed by atoms with Gasteiger partial charge < -0.3 is 29.4 Å². The molecule has 0 saturated heterocycles. The Balaban J connectivity index is 0. The Hall–Kier alpha value is -2.03. The summed E-state index contributed by atoms with van der Waals surface area (Å²) in [6.45, 7) is 17.0. The fourth-order valence-electron chi connectivity index (χ4n) is 1.16. The number of ether oxygens (including phenoxy) is 4. The van der Waals surface area contributed by atoms with Crippen molar-refractivity contribution in [1.82, 2.24) is 5.32 Å². The van der Waals surface area contributed by atoms with E-state index in [1.165, 1.54) is 0 Å². The minimum atomic E-state index is -1.06. The van der Waals surface area contributed by atoms with Gasteiger partial charge in [-0.1, -0.05) is 0 Å². The highest BCUT2D eigenvalue weighted by Crippen LogP contribution is 2.11. The maximum absolute atomic E-state index is 11.0. The monoisotopic (exact) mass is 393 g/mol. The Bertz CT molecular complexity index is 457. The molecule has 0 aliphatic rings. The second-order valence-electron chi connectivity index (χ2n) is 8.76. The fourth-order valence-corrected chi connectivity index (χ4v) is 1.16. The first kappa shape index (κ1) is 27.2. The number of aliphatic hydroxyl groups excluding tert-OH is 1. The SMILES string of the molecule is CC(C)(C)OC(=O)OC(=O)OC(C)(C)C.C[C@@H](CO)NC(=O)OC(C)(C)C. The van der Waals surface area contributed by atoms with Gasteiger partial charge in [-0.15, -0.1) is 0 Å². The first-order valence-electron chi connectivity index (χ1n) is 8.59. The molecular formula is C18H35NO8. The maximum Gasteiger partial charge on any atom is 0.519 e. The van der Waals surface area contributed by atoms with Crippen molar-refractivity contribution < 1.29 is 38.4 Å². The normalized spacial score (nSPS) is 12.7. The van der Waals surface area contributed by atoms with E-state index in [1.54, 1.807) is 69.2 Å². The molecule has 0 fully saturated rings. The van der Waals surface area contributed by atoms with Gasteiger partial charge in [0.25, 0.3) is 0 Å². The molecule has 0 aliphatic carbocycles. The van der Waals surface area contributed by atoms with Crippen LogP contribution in [0, 0.1) is 0 Å². The van der Waals surface area contributed by atoms with Crippen LogP contribution < -0.4 is 5.32 Å². The van der Waals surface area contributed by atoms with Gasteiger partial charge in [-0.05, 0) is 69.2 Å². The van der Waals surface area contributed by atoms with E-state index in [0.29, 0.717) is 0 Å². The lowest BCUT2D eigenvalue weighted by Crippen LogP contribution is -2.39. The molecule has 0 bridgehead atoms. The van der Waals surface area contributed by atoms with Crippen LogP contribution in [-0.2, 0) is 18.9 Å². The van der Waals surface area contributed by atoms with Gasteiger partial charge in [0.1, 0.15) is 16.8 Å². The van der Waals surface area contributed by atoms with Crippen molar-refractivity contribution in [3.8, 4) is 0 Å². The van der Waals surface area contributed by atoms with Crippen molar-refractivity contribution in [3.05, 3.63) is 0 Å². The molecule has 0 spiro atoms. The molecule has 0 aromatic carbocycles. The van der Waals surface area contributed by atoms with E-state index in [-0.39, 0.29) is 12.6 Å². The van der Waals surface area contributed by atoms with Gasteiger partial charge in [-0.2, -0.15) is 0 Å². The number of amides is 1. The van der Waals surface area contributed by atoms with Gasteiger partial charge in [0.2, 0.25) is 0 Å². The average Bonchev–Trinajstić information content (AvgIpc) is 2.31. The van der Waals surface area contributed by atoms with Crippen LogP contribution in [0.1, 0.15) is 69.2 Å². The fraction of sp³-hybridized carbons (Fsp3) is 0.833. The maximum atomic E-state index is 11.0. The molecule has 1 atom stereocenters. The number of hydrogen-bond donors (Lipinski definition) is 2. The molecule has 0 heterocycles. The van der Waals surface area contributed by atoms with Crippen molar-refractivity contribution in [2.45, 2.75) is 92.1 Å². The first-order chi connectivity index (χ1) is 11.8. The second-order valence-corrected chi connectivity index (χ2v) is 8.76. The van der Waals surface area contributed by atoms with Gasteiger partial charge in [-0.3, -0.25) is 0 Å². The van der Waals surface area contributed by atoms with Crippen LogP contribution >= 0.6 is 0 Å². The quantitative estimate of drug-likeness (QED) is 0.413. The molecule has 9 heteroatoms. The Kier molecular flexibility index (Phi) is 11.0. The van der Waals surface area contributed by atoms with Crippen LogP contribution in [0.25, 0.3) is 0 Å². The van der Waals surface area contributed by atoms with E-state index in [4.69, 9.17) is 19.3 Å². The van der Waals surface area contributed by atoms with Crippen LogP contribution in [-0.4, -0.2) is 53.0 Å². The second kappa shape index (κ2) is 11.0. The largest absolute Gasteiger partial charge is 0.519 e. The molecule has 27 heavy (non-hydrogen) atoms. The van der Waals surface area contributed by atoms with Gasteiger partial charge in [0, 0.05) is 0 Å². The summed E-state index contributed by atoms with van der Waals surface area (Å²) in [5.74, 6) is 0. The molecule has 9 nitrogen and oxygen atoms in total. The molecule has 0 aromatic heterocycles. The summed E-state index contributed by atoms with van der Waals surface area (Å²) in [5, 5.41) is 11.1. The first-order valence-corrected chi connectivity index (χ1v) is 8.59. The summed E-state index contributed by atoms with van der Waals surface area (Å²) in [6.07, 6.45) is -2.61. The predicted octanol–water partition coefficient (Wildman–Crippen LogP) is 3.77. The third-order valence-electron chi connectivity index (χ3n) is 1.98. The molecule has 0 saturated carbocycles. The third-order valence-corrected chi connectivity index (χ3v) is 1.98. The van der Waals surface area contributed by atoms with Gasteiger partial charge in [0.05, 0.1) is 12.6 Å². The average molecular weight is 393 g/mol. The zero-order valence-corrected chi connectivity index (χ0v) is 18.1. The number of carbonyl (C=O) groups is 3. The Morgan fingerprint density at radius 2 is 1.11 bits per heavy atom. The minimum absolute atomic E-state index is 0.0841. The van der Waals surface area contributed by atoms with E-state index in [1.807, 2.05) is 0 Å². The van der Waals surface area contributed by atoms with Crippen LogP contribution in [0.3, 0.4) is 0 Å². The number of carbonyl (C=O) groups excluding carboxylic acids is 3. The standard InChI is InChI=1S/C10H18O5.C8H17NO3/c1-9(2,3)14-7(11)13-8(12)15-10(4,5)6;1-6(5-10)9-7(11)12-8(2,3)4/h1-6H3;6,10H,5H2,1-4H3,(H,9,11)/t;6-/m.0/s1. The van der Waals surface area contributed by atoms with Crippen molar-refractivity contribution in [2.75, 3.05) is 6.61 Å². The van der Waals surface area contributed by atoms with Crippen molar-refractivity contribution in [2.24, 2.45) is 0 Å². The van der Waals surface area contributed by atoms with E-state index < -0.39 is 35.2 Å². The van der Waals surface area contributed by atoms with Crippen LogP contribution in [0.4, 0.5) is 14.4 Å². The summed E-state index contributed by atoms with van der Waals surface area (Å²) in [7, 11) is 0. The lowest BCUT2D eigenvalue weighted by molar-refractivity contribution is -0.0294. The van der Waals surface area contributed by atoms with Crippen LogP contribution in [0.2, 0.25) is 0 Å². The number of hydrogen-bond acceptors (Lipinski definition) is 8. The van der Waals surface area contributed by atoms with E-state index in [0.717, 1.165) is 0 Å². The lowest BCUT2D eigenvalue weighted by atomic mass is 10.2. The van der Waals surface area contributed by atoms with Gasteiger partial charge in [0.15, 0.2) is 0 Å². The smallest absolute Gasteiger partial charge is 0.444 e. The summed E-state index contributed by atoms with van der Waals surface area (Å²) in [4.78, 5) is 33.0. The van der Waals surface area contributed by atoms with Gasteiger partial charge >= 0.3 is 18.4 Å². The molecule has 0 radical (unpaired) electrons. The number of aliphatic hydroxyl groups is 1. The number of nitrogens with one attached hydrogen (secondary N) is 1. The third kappa shape index (κ3) is 21.9. The summed E-state index contributed by atoms with van der Waals surface area (Å²) in [6, 6.07) is -0.264. The topological polar surface area (TPSA) is 120 Å². The number of rotatable bonds is 2. The highest BCUT2D eigenvalue weighted by atomic mass is 16.8. The van der Waals surface area contributed by atoms with E-state index >= 15 is 0 Å². The zero-order chi connectivity index (χ0) is 22.1. The Morgan fingerprint density at radius 3 is 1.37 bits per heavy atom. The molecular weight excluding hydrogens is 358 g/mol. The molecule has 0 aromatic rings. The van der Waals surface area contributed by atoms with Crippen molar-refractivity contribution in [1.29, 1.82) is 0 Å². The molecule has 2 N–H and O–H groups in total. The highest BCUT2D eigenvalue weighted by molar-refractivity contribution is 5.77. The van der Waals surface area contributed by atoms with E-state index in [9.17, 15) is 14.4 Å². The zero-order valence-electron chi connectivity index (χ0n) is 18.1. The lowest BCUT2D eigenvalue weighted by Gasteiger charge is -2.21.